The van der Waals surface area contributed by atoms with Crippen molar-refractivity contribution in [2.45, 2.75) is 89.8 Å². The first kappa shape index (κ1) is 41.7. The van der Waals surface area contributed by atoms with Gasteiger partial charge in [0.1, 0.15) is 11.9 Å². The third-order valence-electron chi connectivity index (χ3n) is 9.81. The number of amides is 1. The fourth-order valence-corrected chi connectivity index (χ4v) is 7.51. The molecule has 1 amide bonds. The van der Waals surface area contributed by atoms with Crippen LogP contribution in [-0.2, 0) is 49.8 Å². The lowest BCUT2D eigenvalue weighted by molar-refractivity contribution is -0.305. The van der Waals surface area contributed by atoms with Crippen molar-refractivity contribution < 1.29 is 46.1 Å². The highest BCUT2D eigenvalue weighted by Gasteiger charge is 2.48. The first-order valence-electron chi connectivity index (χ1n) is 18.6. The number of esters is 2. The van der Waals surface area contributed by atoms with Crippen LogP contribution in [-0.4, -0.2) is 63.7 Å². The SMILES string of the molecule is CC(=O)O[C@@H](CC[C@H]1C(=O)N(c2ccc(CCCNS(C)(=O)=O)cc2)[C@@H]1c1ccc(C=CCCC2(OC(C)=O)COC(C)(C)OC2)cc1)c1ccc(F)cc1. The zero-order valence-corrected chi connectivity index (χ0v) is 32.9. The number of hydrogen-bond acceptors (Lipinski definition) is 9. The quantitative estimate of drug-likeness (QED) is 0.0875. The summed E-state index contributed by atoms with van der Waals surface area (Å²) in [5.41, 5.74) is 3.45. The van der Waals surface area contributed by atoms with Crippen LogP contribution in [0.1, 0.15) is 94.2 Å². The Morgan fingerprint density at radius 3 is 2.24 bits per heavy atom. The summed E-state index contributed by atoms with van der Waals surface area (Å²) >= 11 is 0. The number of halogens is 1. The van der Waals surface area contributed by atoms with E-state index in [0.717, 1.165) is 28.6 Å². The van der Waals surface area contributed by atoms with Gasteiger partial charge in [-0.25, -0.2) is 17.5 Å². The van der Waals surface area contributed by atoms with E-state index >= 15 is 0 Å². The number of hydrogen-bond donors (Lipinski definition) is 1. The Bertz CT molecular complexity index is 1920. The lowest BCUT2D eigenvalue weighted by Crippen LogP contribution is -2.55. The zero-order chi connectivity index (χ0) is 39.8. The van der Waals surface area contributed by atoms with Gasteiger partial charge in [-0.1, -0.05) is 60.7 Å². The average Bonchev–Trinajstić information content (AvgIpc) is 3.12. The minimum Gasteiger partial charge on any atom is -0.458 e. The van der Waals surface area contributed by atoms with Crippen molar-refractivity contribution in [1.82, 2.24) is 4.72 Å². The van der Waals surface area contributed by atoms with E-state index in [9.17, 15) is 27.2 Å². The van der Waals surface area contributed by atoms with E-state index < -0.39 is 45.2 Å². The largest absolute Gasteiger partial charge is 0.458 e. The molecule has 2 heterocycles. The highest BCUT2D eigenvalue weighted by atomic mass is 32.2. The molecule has 2 aliphatic heterocycles. The molecule has 5 rings (SSSR count). The van der Waals surface area contributed by atoms with Crippen molar-refractivity contribution in [3.63, 3.8) is 0 Å². The first-order valence-corrected chi connectivity index (χ1v) is 20.5. The molecule has 0 spiro atoms. The van der Waals surface area contributed by atoms with E-state index in [2.05, 4.69) is 4.72 Å². The highest BCUT2D eigenvalue weighted by Crippen LogP contribution is 2.47. The Kier molecular flexibility index (Phi) is 13.7. The Morgan fingerprint density at radius 2 is 1.64 bits per heavy atom. The number of β-lactam (4-membered cyclic amide) rings is 1. The topological polar surface area (TPSA) is 138 Å². The third kappa shape index (κ3) is 11.8. The maximum Gasteiger partial charge on any atom is 0.303 e. The maximum absolute atomic E-state index is 13.9. The predicted octanol–water partition coefficient (Wildman–Crippen LogP) is 6.97. The van der Waals surface area contributed by atoms with E-state index in [0.29, 0.717) is 50.6 Å². The molecule has 0 unspecified atom stereocenters. The number of allylic oxidation sites excluding steroid dienone is 1. The normalized spacial score (nSPS) is 19.8. The molecule has 3 aromatic rings. The molecule has 2 saturated heterocycles. The monoisotopic (exact) mass is 778 g/mol. The second-order valence-corrected chi connectivity index (χ2v) is 16.6. The minimum atomic E-state index is -3.25. The number of sulfonamides is 1. The summed E-state index contributed by atoms with van der Waals surface area (Å²) in [6.07, 6.45) is 7.76. The van der Waals surface area contributed by atoms with Crippen LogP contribution in [0, 0.1) is 11.7 Å². The molecule has 55 heavy (non-hydrogen) atoms. The number of rotatable bonds is 17. The van der Waals surface area contributed by atoms with Gasteiger partial charge in [-0.15, -0.1) is 0 Å². The summed E-state index contributed by atoms with van der Waals surface area (Å²) in [6.45, 7) is 7.19. The van der Waals surface area contributed by atoms with Crippen molar-refractivity contribution in [3.05, 3.63) is 107 Å². The van der Waals surface area contributed by atoms with Gasteiger partial charge in [-0.3, -0.25) is 14.4 Å². The van der Waals surface area contributed by atoms with Crippen molar-refractivity contribution >= 4 is 39.6 Å². The van der Waals surface area contributed by atoms with Gasteiger partial charge in [0.25, 0.3) is 0 Å². The predicted molar refractivity (Wildman–Crippen MR) is 207 cm³/mol. The van der Waals surface area contributed by atoms with Crippen molar-refractivity contribution in [2.75, 3.05) is 30.9 Å². The molecular formula is C42H51FN2O9S. The molecular weight excluding hydrogens is 728 g/mol. The Morgan fingerprint density at radius 1 is 0.982 bits per heavy atom. The fraction of sp³-hybridized carbons (Fsp3) is 0.452. The molecule has 1 N–H and O–H groups in total. The molecule has 0 aromatic heterocycles. The molecule has 2 aliphatic rings. The van der Waals surface area contributed by atoms with Crippen molar-refractivity contribution in [1.29, 1.82) is 0 Å². The second kappa shape index (κ2) is 18.0. The number of ether oxygens (including phenoxy) is 4. The maximum atomic E-state index is 13.9. The van der Waals surface area contributed by atoms with Gasteiger partial charge in [0, 0.05) is 26.1 Å². The van der Waals surface area contributed by atoms with Gasteiger partial charge < -0.3 is 23.8 Å². The van der Waals surface area contributed by atoms with Gasteiger partial charge >= 0.3 is 11.9 Å². The highest BCUT2D eigenvalue weighted by molar-refractivity contribution is 7.88. The van der Waals surface area contributed by atoms with Crippen molar-refractivity contribution in [2.24, 2.45) is 5.92 Å². The summed E-state index contributed by atoms with van der Waals surface area (Å²) in [4.78, 5) is 39.6. The average molecular weight is 779 g/mol. The van der Waals surface area contributed by atoms with E-state index in [1.807, 2.05) is 74.5 Å². The standard InChI is InChI=1S/C42H51FN2O9S/c1-29(46)53-38(33-17-19-35(43)20-18-33)24-23-37-39(45(40(37)48)36-21-13-32(14-22-36)10-8-26-44-55(5,49)50)34-15-11-31(12-16-34)9-6-7-25-42(54-30(2)47)27-51-41(3,4)52-28-42/h6,9,11-22,37-39,44H,7-8,10,23-28H2,1-5H3/t37-,38+,39-/m1/s1. The summed E-state index contributed by atoms with van der Waals surface area (Å²) in [5.74, 6) is -2.44. The second-order valence-electron chi connectivity index (χ2n) is 14.8. The molecule has 296 valence electrons. The van der Waals surface area contributed by atoms with Crippen LogP contribution in [0.5, 0.6) is 0 Å². The Labute approximate surface area is 323 Å². The summed E-state index contributed by atoms with van der Waals surface area (Å²) in [5, 5.41) is 0. The summed E-state index contributed by atoms with van der Waals surface area (Å²) in [7, 11) is -3.25. The molecule has 0 radical (unpaired) electrons. The van der Waals surface area contributed by atoms with E-state index in [-0.39, 0.29) is 31.1 Å². The third-order valence-corrected chi connectivity index (χ3v) is 10.5. The van der Waals surface area contributed by atoms with Gasteiger partial charge in [0.2, 0.25) is 15.9 Å². The zero-order valence-electron chi connectivity index (χ0n) is 32.1. The molecule has 0 aliphatic carbocycles. The molecule has 2 fully saturated rings. The number of carbonyl (C=O) groups is 3. The molecule has 13 heteroatoms. The Balaban J connectivity index is 1.31. The van der Waals surface area contributed by atoms with E-state index in [4.69, 9.17) is 18.9 Å². The van der Waals surface area contributed by atoms with Gasteiger partial charge in [0.05, 0.1) is 31.4 Å². The summed E-state index contributed by atoms with van der Waals surface area (Å²) < 4.78 is 61.9. The number of benzene rings is 3. The minimum absolute atomic E-state index is 0.0551. The number of carbonyl (C=O) groups excluding carboxylic acids is 3. The molecule has 0 bridgehead atoms. The van der Waals surface area contributed by atoms with Crippen LogP contribution in [0.3, 0.4) is 0 Å². The van der Waals surface area contributed by atoms with Gasteiger partial charge in [-0.05, 0) is 98.9 Å². The van der Waals surface area contributed by atoms with Gasteiger partial charge in [-0.2, -0.15) is 0 Å². The lowest BCUT2D eigenvalue weighted by atomic mass is 9.78. The Hall–Kier alpha value is -4.43. The number of anilines is 1. The van der Waals surface area contributed by atoms with Crippen LogP contribution in [0.4, 0.5) is 10.1 Å². The van der Waals surface area contributed by atoms with Crippen LogP contribution >= 0.6 is 0 Å². The van der Waals surface area contributed by atoms with Crippen LogP contribution in [0.2, 0.25) is 0 Å². The number of nitrogens with one attached hydrogen (secondary N) is 1. The molecule has 0 saturated carbocycles. The van der Waals surface area contributed by atoms with Crippen LogP contribution in [0.15, 0.2) is 78.9 Å². The smallest absolute Gasteiger partial charge is 0.303 e. The van der Waals surface area contributed by atoms with E-state index in [1.54, 1.807) is 17.0 Å². The fourth-order valence-electron chi connectivity index (χ4n) is 7.00. The lowest BCUT2D eigenvalue weighted by Gasteiger charge is -2.48. The van der Waals surface area contributed by atoms with Crippen LogP contribution < -0.4 is 9.62 Å². The molecule has 3 atom stereocenters. The number of nitrogens with zero attached hydrogens (tertiary/aromatic N) is 1. The summed E-state index contributed by atoms with van der Waals surface area (Å²) in [6, 6.07) is 21.3. The number of aryl methyl sites for hydroxylation is 1. The van der Waals surface area contributed by atoms with Crippen LogP contribution in [0.25, 0.3) is 6.08 Å². The molecule has 3 aromatic carbocycles. The van der Waals surface area contributed by atoms with Crippen molar-refractivity contribution in [3.8, 4) is 0 Å². The first-order chi connectivity index (χ1) is 26.0. The van der Waals surface area contributed by atoms with Gasteiger partial charge in [0.15, 0.2) is 11.4 Å². The molecule has 11 nitrogen and oxygen atoms in total. The van der Waals surface area contributed by atoms with E-state index in [1.165, 1.54) is 26.0 Å².